The van der Waals surface area contributed by atoms with Crippen molar-refractivity contribution < 1.29 is 27.1 Å². The van der Waals surface area contributed by atoms with Crippen LogP contribution in [0, 0.1) is 11.7 Å². The van der Waals surface area contributed by atoms with Crippen LogP contribution >= 0.6 is 0 Å². The molecule has 1 fully saturated rings. The summed E-state index contributed by atoms with van der Waals surface area (Å²) in [6.07, 6.45) is -0.844. The fourth-order valence-corrected chi connectivity index (χ4v) is 4.00. The van der Waals surface area contributed by atoms with Crippen molar-refractivity contribution in [2.24, 2.45) is 5.92 Å². The summed E-state index contributed by atoms with van der Waals surface area (Å²) >= 11 is 0. The van der Waals surface area contributed by atoms with Gasteiger partial charge in [-0.25, -0.2) is 9.37 Å². The SMILES string of the molecule is CC1CC(C(C)Oc2ccc(C(F)(F)F)cn2)N(C(=O)c2cc(F)ccc2-n2nccn2)C1. The number of amides is 1. The average Bonchev–Trinajstić information content (AvgIpc) is 3.43. The average molecular weight is 463 g/mol. The highest BCUT2D eigenvalue weighted by Gasteiger charge is 2.39. The van der Waals surface area contributed by atoms with Crippen molar-refractivity contribution in [3.63, 3.8) is 0 Å². The van der Waals surface area contributed by atoms with E-state index in [1.807, 2.05) is 6.92 Å². The van der Waals surface area contributed by atoms with Gasteiger partial charge < -0.3 is 9.64 Å². The highest BCUT2D eigenvalue weighted by Crippen LogP contribution is 2.32. The van der Waals surface area contributed by atoms with Crippen molar-refractivity contribution in [1.29, 1.82) is 0 Å². The maximum absolute atomic E-state index is 14.0. The molecule has 2 aromatic heterocycles. The van der Waals surface area contributed by atoms with Gasteiger partial charge in [0.05, 0.1) is 35.2 Å². The largest absolute Gasteiger partial charge is 0.472 e. The standard InChI is InChI=1S/C22H21F4N5O2/c1-13-9-19(14(2)33-20-6-3-15(11-27-20)22(24,25)26)30(12-13)21(32)17-10-16(23)4-5-18(17)31-28-7-8-29-31/h3-8,10-11,13-14,19H,9,12H2,1-2H3. The number of benzene rings is 1. The van der Waals surface area contributed by atoms with Gasteiger partial charge in [0.2, 0.25) is 5.88 Å². The number of carbonyl (C=O) groups is 1. The number of rotatable bonds is 5. The topological polar surface area (TPSA) is 73.1 Å². The first-order chi connectivity index (χ1) is 15.6. The lowest BCUT2D eigenvalue weighted by Crippen LogP contribution is -2.44. The Labute approximate surface area is 187 Å². The molecule has 3 aromatic rings. The molecular formula is C22H21F4N5O2. The Bertz CT molecular complexity index is 1120. The molecule has 174 valence electrons. The summed E-state index contributed by atoms with van der Waals surface area (Å²) in [5, 5.41) is 8.07. The van der Waals surface area contributed by atoms with Crippen molar-refractivity contribution in [2.45, 2.75) is 38.6 Å². The van der Waals surface area contributed by atoms with E-state index in [2.05, 4.69) is 15.2 Å². The smallest absolute Gasteiger partial charge is 0.417 e. The first-order valence-corrected chi connectivity index (χ1v) is 10.3. The summed E-state index contributed by atoms with van der Waals surface area (Å²) < 4.78 is 58.1. The fourth-order valence-electron chi connectivity index (χ4n) is 4.00. The van der Waals surface area contributed by atoms with Crippen molar-refractivity contribution >= 4 is 5.91 Å². The molecule has 3 atom stereocenters. The molecule has 3 unspecified atom stereocenters. The van der Waals surface area contributed by atoms with E-state index in [0.29, 0.717) is 24.8 Å². The first-order valence-electron chi connectivity index (χ1n) is 10.3. The Morgan fingerprint density at radius 3 is 2.55 bits per heavy atom. The van der Waals surface area contributed by atoms with Crippen molar-refractivity contribution in [3.8, 4) is 11.6 Å². The van der Waals surface area contributed by atoms with Crippen molar-refractivity contribution in [2.75, 3.05) is 6.54 Å². The summed E-state index contributed by atoms with van der Waals surface area (Å²) in [5.74, 6) is -0.816. The van der Waals surface area contributed by atoms with Crippen LogP contribution in [0.1, 0.15) is 36.2 Å². The lowest BCUT2D eigenvalue weighted by atomic mass is 10.0. The monoisotopic (exact) mass is 463 g/mol. The highest BCUT2D eigenvalue weighted by atomic mass is 19.4. The normalized spacial score (nSPS) is 19.5. The van der Waals surface area contributed by atoms with E-state index in [9.17, 15) is 22.4 Å². The van der Waals surface area contributed by atoms with Gasteiger partial charge in [-0.05, 0) is 43.5 Å². The maximum atomic E-state index is 14.0. The number of hydrogen-bond donors (Lipinski definition) is 0. The number of carbonyl (C=O) groups excluding carboxylic acids is 1. The predicted molar refractivity (Wildman–Crippen MR) is 109 cm³/mol. The van der Waals surface area contributed by atoms with Crippen LogP contribution in [0.25, 0.3) is 5.69 Å². The van der Waals surface area contributed by atoms with Crippen LogP contribution in [0.2, 0.25) is 0 Å². The lowest BCUT2D eigenvalue weighted by Gasteiger charge is -2.30. The minimum absolute atomic E-state index is 0.0228. The summed E-state index contributed by atoms with van der Waals surface area (Å²) in [6, 6.07) is 5.45. The molecule has 1 saturated heterocycles. The molecule has 7 nitrogen and oxygen atoms in total. The van der Waals surface area contributed by atoms with Gasteiger partial charge in [0, 0.05) is 18.8 Å². The molecule has 0 spiro atoms. The van der Waals surface area contributed by atoms with E-state index in [-0.39, 0.29) is 17.4 Å². The summed E-state index contributed by atoms with van der Waals surface area (Å²) in [4.78, 5) is 20.1. The second-order valence-electron chi connectivity index (χ2n) is 8.05. The van der Waals surface area contributed by atoms with Crippen LogP contribution < -0.4 is 4.74 Å². The Kier molecular flexibility index (Phi) is 6.05. The van der Waals surface area contributed by atoms with E-state index in [1.54, 1.807) is 11.8 Å². The van der Waals surface area contributed by atoms with E-state index in [4.69, 9.17) is 4.74 Å². The third kappa shape index (κ3) is 4.81. The second-order valence-corrected chi connectivity index (χ2v) is 8.05. The van der Waals surface area contributed by atoms with Crippen LogP contribution in [0.5, 0.6) is 5.88 Å². The minimum Gasteiger partial charge on any atom is -0.472 e. The van der Waals surface area contributed by atoms with Gasteiger partial charge in [-0.2, -0.15) is 28.2 Å². The van der Waals surface area contributed by atoms with Crippen LogP contribution in [0.15, 0.2) is 48.9 Å². The summed E-state index contributed by atoms with van der Waals surface area (Å²) in [7, 11) is 0. The molecule has 1 aliphatic heterocycles. The molecule has 1 amide bonds. The van der Waals surface area contributed by atoms with E-state index < -0.39 is 35.6 Å². The third-order valence-corrected chi connectivity index (χ3v) is 5.55. The highest BCUT2D eigenvalue weighted by molar-refractivity contribution is 5.98. The summed E-state index contributed by atoms with van der Waals surface area (Å²) in [5.41, 5.74) is -0.438. The van der Waals surface area contributed by atoms with Crippen LogP contribution in [-0.4, -0.2) is 49.5 Å². The van der Waals surface area contributed by atoms with Gasteiger partial charge >= 0.3 is 6.18 Å². The molecule has 1 aromatic carbocycles. The third-order valence-electron chi connectivity index (χ3n) is 5.55. The molecule has 0 bridgehead atoms. The zero-order valence-electron chi connectivity index (χ0n) is 17.8. The molecule has 11 heteroatoms. The van der Waals surface area contributed by atoms with E-state index in [0.717, 1.165) is 18.2 Å². The van der Waals surface area contributed by atoms with E-state index in [1.165, 1.54) is 29.3 Å². The Hall–Kier alpha value is -3.50. The van der Waals surface area contributed by atoms with Crippen LogP contribution in [0.3, 0.4) is 0 Å². The number of likely N-dealkylation sites (tertiary alicyclic amines) is 1. The number of aromatic nitrogens is 4. The number of ether oxygens (including phenoxy) is 1. The molecule has 4 rings (SSSR count). The molecule has 3 heterocycles. The number of halogens is 4. The van der Waals surface area contributed by atoms with Crippen molar-refractivity contribution in [1.82, 2.24) is 24.9 Å². The number of pyridine rings is 1. The Balaban J connectivity index is 1.57. The zero-order chi connectivity index (χ0) is 23.8. The van der Waals surface area contributed by atoms with Crippen LogP contribution in [0.4, 0.5) is 17.6 Å². The first kappa shape index (κ1) is 22.7. The van der Waals surface area contributed by atoms with Gasteiger partial charge in [-0.3, -0.25) is 4.79 Å². The minimum atomic E-state index is -4.49. The van der Waals surface area contributed by atoms with Gasteiger partial charge in [0.25, 0.3) is 5.91 Å². The van der Waals surface area contributed by atoms with Crippen molar-refractivity contribution in [3.05, 3.63) is 65.9 Å². The van der Waals surface area contributed by atoms with Gasteiger partial charge in [-0.15, -0.1) is 0 Å². The summed E-state index contributed by atoms with van der Waals surface area (Å²) in [6.45, 7) is 4.12. The van der Waals surface area contributed by atoms with Gasteiger partial charge in [0.15, 0.2) is 0 Å². The lowest BCUT2D eigenvalue weighted by molar-refractivity contribution is -0.137. The number of alkyl halides is 3. The quantitative estimate of drug-likeness (QED) is 0.532. The Morgan fingerprint density at radius 2 is 1.91 bits per heavy atom. The molecule has 0 radical (unpaired) electrons. The molecule has 33 heavy (non-hydrogen) atoms. The maximum Gasteiger partial charge on any atom is 0.417 e. The fraction of sp³-hybridized carbons (Fsp3) is 0.364. The Morgan fingerprint density at radius 1 is 1.18 bits per heavy atom. The number of hydrogen-bond acceptors (Lipinski definition) is 5. The predicted octanol–water partition coefficient (Wildman–Crippen LogP) is 4.14. The van der Waals surface area contributed by atoms with E-state index >= 15 is 0 Å². The number of nitrogens with zero attached hydrogens (tertiary/aromatic N) is 5. The molecule has 0 saturated carbocycles. The van der Waals surface area contributed by atoms with Gasteiger partial charge in [0.1, 0.15) is 11.9 Å². The molecule has 0 N–H and O–H groups in total. The van der Waals surface area contributed by atoms with Crippen LogP contribution in [-0.2, 0) is 6.18 Å². The molecule has 1 aliphatic rings. The molecular weight excluding hydrogens is 442 g/mol. The zero-order valence-corrected chi connectivity index (χ0v) is 17.8. The van der Waals surface area contributed by atoms with Gasteiger partial charge in [-0.1, -0.05) is 6.92 Å². The second kappa shape index (κ2) is 8.80. The molecule has 0 aliphatic carbocycles.